The number of hydrogen-bond donors (Lipinski definition) is 2. The quantitative estimate of drug-likeness (QED) is 0.428. The highest BCUT2D eigenvalue weighted by molar-refractivity contribution is 7.92. The third-order valence-corrected chi connectivity index (χ3v) is 7.96. The van der Waals surface area contributed by atoms with Crippen LogP contribution in [0.5, 0.6) is 5.88 Å². The first-order valence-corrected chi connectivity index (χ1v) is 14.1. The second kappa shape index (κ2) is 10.7. The lowest BCUT2D eigenvalue weighted by atomic mass is 9.98. The molecule has 5 rings (SSSR count). The van der Waals surface area contributed by atoms with Crippen LogP contribution < -0.4 is 14.8 Å². The van der Waals surface area contributed by atoms with Gasteiger partial charge in [0.2, 0.25) is 11.8 Å². The second-order valence-corrected chi connectivity index (χ2v) is 11.1. The highest BCUT2D eigenvalue weighted by atomic mass is 32.2. The Hall–Kier alpha value is -3.72. The van der Waals surface area contributed by atoms with Crippen molar-refractivity contribution in [2.75, 3.05) is 11.3 Å². The van der Waals surface area contributed by atoms with Crippen LogP contribution in [-0.2, 0) is 10.0 Å². The Kier molecular flexibility index (Phi) is 7.23. The Morgan fingerprint density at radius 3 is 2.73 bits per heavy atom. The molecule has 0 fully saturated rings. The number of fused-ring (bicyclic) bond motifs is 8. The third kappa shape index (κ3) is 5.83. The Balaban J connectivity index is 1.68. The number of sulfonamides is 1. The molecule has 0 aliphatic carbocycles. The molecule has 0 unspecified atom stereocenters. The Labute approximate surface area is 217 Å². The lowest BCUT2D eigenvalue weighted by Gasteiger charge is -2.20. The van der Waals surface area contributed by atoms with Crippen molar-refractivity contribution >= 4 is 28.0 Å². The molecule has 192 valence electrons. The van der Waals surface area contributed by atoms with E-state index in [4.69, 9.17) is 4.74 Å². The monoisotopic (exact) mass is 518 g/mol. The largest absolute Gasteiger partial charge is 0.475 e. The predicted octanol–water partition coefficient (Wildman–Crippen LogP) is 5.11. The molecule has 8 nitrogen and oxygen atoms in total. The van der Waals surface area contributed by atoms with Crippen LogP contribution >= 0.6 is 0 Å². The van der Waals surface area contributed by atoms with Crippen molar-refractivity contribution in [1.29, 1.82) is 0 Å². The summed E-state index contributed by atoms with van der Waals surface area (Å²) in [7, 11) is -4.06. The average Bonchev–Trinajstić information content (AvgIpc) is 2.87. The molecule has 2 aliphatic heterocycles. The van der Waals surface area contributed by atoms with E-state index in [9.17, 15) is 13.2 Å². The Morgan fingerprint density at radius 1 is 1.00 bits per heavy atom. The molecule has 1 amide bonds. The molecule has 2 aliphatic rings. The normalized spacial score (nSPS) is 19.5. The predicted molar refractivity (Wildman–Crippen MR) is 143 cm³/mol. The number of rotatable bonds is 0. The zero-order chi connectivity index (χ0) is 25.8. The van der Waals surface area contributed by atoms with Crippen LogP contribution in [-0.4, -0.2) is 36.9 Å². The molecule has 2 N–H and O–H groups in total. The summed E-state index contributed by atoms with van der Waals surface area (Å²) in [6, 6.07) is 13.4. The van der Waals surface area contributed by atoms with Gasteiger partial charge in [0.1, 0.15) is 6.61 Å². The molecule has 0 radical (unpaired) electrons. The van der Waals surface area contributed by atoms with Gasteiger partial charge >= 0.3 is 0 Å². The van der Waals surface area contributed by atoms with E-state index in [2.05, 4.69) is 32.2 Å². The third-order valence-electron chi connectivity index (χ3n) is 6.63. The van der Waals surface area contributed by atoms with Crippen LogP contribution in [0, 0.1) is 6.92 Å². The van der Waals surface area contributed by atoms with Crippen LogP contribution in [0.1, 0.15) is 60.0 Å². The molecule has 0 spiro atoms. The molecule has 2 aromatic carbocycles. The zero-order valence-electron chi connectivity index (χ0n) is 20.7. The van der Waals surface area contributed by atoms with Crippen molar-refractivity contribution in [3.05, 3.63) is 71.3 Å². The van der Waals surface area contributed by atoms with Gasteiger partial charge in [-0.3, -0.25) is 4.79 Å². The second-order valence-electron chi connectivity index (χ2n) is 9.46. The minimum absolute atomic E-state index is 0.0437. The molecule has 37 heavy (non-hydrogen) atoms. The summed E-state index contributed by atoms with van der Waals surface area (Å²) in [6.45, 7) is 2.20. The fraction of sp³-hybridized carbons (Fsp3) is 0.321. The molecule has 6 bridgehead atoms. The number of carbonyl (C=O) groups is 1. The van der Waals surface area contributed by atoms with Crippen molar-refractivity contribution in [2.45, 2.75) is 56.4 Å². The number of aromatic nitrogens is 2. The van der Waals surface area contributed by atoms with Crippen LogP contribution in [0.4, 0.5) is 5.95 Å². The van der Waals surface area contributed by atoms with Gasteiger partial charge < -0.3 is 10.1 Å². The number of benzene rings is 2. The van der Waals surface area contributed by atoms with Crippen LogP contribution in [0.15, 0.2) is 59.5 Å². The van der Waals surface area contributed by atoms with Gasteiger partial charge in [0, 0.05) is 17.2 Å². The number of aryl methyl sites for hydroxylation is 1. The fourth-order valence-corrected chi connectivity index (χ4v) is 5.69. The maximum atomic E-state index is 13.2. The van der Waals surface area contributed by atoms with Gasteiger partial charge in [0.15, 0.2) is 0 Å². The number of hydrogen-bond acceptors (Lipinski definition) is 6. The molecule has 3 heterocycles. The van der Waals surface area contributed by atoms with Crippen molar-refractivity contribution in [3.8, 4) is 17.1 Å². The standard InChI is InChI=1S/C28H30N4O4S/c1-19-10-8-12-20-11-6-4-2-3-5-7-14-22-18-36-25-17-24(26(19)20)30-28(31-25)32-37(34,35)23-15-9-13-21(16-23)27(33)29-22/h6,8-13,15-17,22H,2-5,7,14,18H2,1H3,(H,29,33)(H,30,31,32)/t22-/m1/s1. The van der Waals surface area contributed by atoms with E-state index >= 15 is 0 Å². The highest BCUT2D eigenvalue weighted by Crippen LogP contribution is 2.31. The van der Waals surface area contributed by atoms with Crippen molar-refractivity contribution in [2.24, 2.45) is 0 Å². The minimum Gasteiger partial charge on any atom is -0.475 e. The highest BCUT2D eigenvalue weighted by Gasteiger charge is 2.23. The van der Waals surface area contributed by atoms with Gasteiger partial charge in [-0.1, -0.05) is 55.7 Å². The number of carbonyl (C=O) groups excluding carboxylic acids is 1. The first-order valence-electron chi connectivity index (χ1n) is 12.6. The van der Waals surface area contributed by atoms with E-state index in [0.29, 0.717) is 5.69 Å². The van der Waals surface area contributed by atoms with E-state index in [1.807, 2.05) is 25.1 Å². The maximum absolute atomic E-state index is 13.2. The van der Waals surface area contributed by atoms with Crippen LogP contribution in [0.3, 0.4) is 0 Å². The summed E-state index contributed by atoms with van der Waals surface area (Å²) in [5.41, 5.74) is 3.69. The number of anilines is 1. The van der Waals surface area contributed by atoms with Gasteiger partial charge in [-0.15, -0.1) is 0 Å². The summed E-state index contributed by atoms with van der Waals surface area (Å²) >= 11 is 0. The molecule has 0 saturated carbocycles. The summed E-state index contributed by atoms with van der Waals surface area (Å²) in [6.07, 6.45) is 10.2. The smallest absolute Gasteiger partial charge is 0.264 e. The summed E-state index contributed by atoms with van der Waals surface area (Å²) < 4.78 is 35.0. The Bertz CT molecular complexity index is 1450. The number of allylic oxidation sites excluding steroid dienone is 1. The van der Waals surface area contributed by atoms with E-state index < -0.39 is 10.0 Å². The number of nitrogens with zero attached hydrogens (tertiary/aromatic N) is 2. The van der Waals surface area contributed by atoms with Gasteiger partial charge in [-0.25, -0.2) is 18.1 Å². The lowest BCUT2D eigenvalue weighted by molar-refractivity contribution is 0.0916. The molecule has 3 aromatic rings. The zero-order valence-corrected chi connectivity index (χ0v) is 21.6. The lowest BCUT2D eigenvalue weighted by Crippen LogP contribution is -2.39. The van der Waals surface area contributed by atoms with E-state index in [1.165, 1.54) is 12.1 Å². The SMILES string of the molecule is Cc1cccc2c1-c1cc3nc(n1)NS(=O)(=O)c1cccc(c1)C(=O)N[C@H](CCCCCCC=C2)CO3. The maximum Gasteiger partial charge on any atom is 0.264 e. The molecule has 1 atom stereocenters. The molecular formula is C28H30N4O4S. The first-order chi connectivity index (χ1) is 17.9. The van der Waals surface area contributed by atoms with Crippen molar-refractivity contribution in [3.63, 3.8) is 0 Å². The van der Waals surface area contributed by atoms with Crippen molar-refractivity contribution in [1.82, 2.24) is 15.3 Å². The van der Waals surface area contributed by atoms with Gasteiger partial charge in [-0.05, 0) is 55.5 Å². The van der Waals surface area contributed by atoms with Crippen LogP contribution in [0.25, 0.3) is 17.3 Å². The van der Waals surface area contributed by atoms with Gasteiger partial charge in [0.05, 0.1) is 16.6 Å². The van der Waals surface area contributed by atoms with Crippen molar-refractivity contribution < 1.29 is 17.9 Å². The summed E-state index contributed by atoms with van der Waals surface area (Å²) in [5, 5.41) is 3.03. The molecular weight excluding hydrogens is 488 g/mol. The average molecular weight is 519 g/mol. The van der Waals surface area contributed by atoms with Gasteiger partial charge in [0.25, 0.3) is 15.9 Å². The molecule has 9 heteroatoms. The number of ether oxygens (including phenoxy) is 1. The minimum atomic E-state index is -4.06. The summed E-state index contributed by atoms with van der Waals surface area (Å²) in [4.78, 5) is 21.9. The first kappa shape index (κ1) is 25.0. The number of amides is 1. The topological polar surface area (TPSA) is 110 Å². The Morgan fingerprint density at radius 2 is 1.84 bits per heavy atom. The fourth-order valence-electron chi connectivity index (χ4n) is 4.70. The van der Waals surface area contributed by atoms with E-state index in [0.717, 1.165) is 55.2 Å². The van der Waals surface area contributed by atoms with E-state index in [1.54, 1.807) is 18.2 Å². The van der Waals surface area contributed by atoms with Crippen LogP contribution in [0.2, 0.25) is 0 Å². The summed E-state index contributed by atoms with van der Waals surface area (Å²) in [5.74, 6) is -0.196. The van der Waals surface area contributed by atoms with Gasteiger partial charge in [-0.2, -0.15) is 4.98 Å². The van der Waals surface area contributed by atoms with E-state index in [-0.39, 0.29) is 40.8 Å². The molecule has 0 saturated heterocycles. The molecule has 1 aromatic heterocycles. The number of nitrogens with one attached hydrogen (secondary N) is 2.